The van der Waals surface area contributed by atoms with Gasteiger partial charge < -0.3 is 20.8 Å². The van der Waals surface area contributed by atoms with Crippen molar-refractivity contribution in [2.45, 2.75) is 0 Å². The van der Waals surface area contributed by atoms with E-state index in [-0.39, 0.29) is 91.7 Å². The quantitative estimate of drug-likeness (QED) is 0.138. The third-order valence-corrected chi connectivity index (χ3v) is 6.29. The molecule has 2 N–H and O–H groups in total. The van der Waals surface area contributed by atoms with Gasteiger partial charge in [-0.05, 0) is 36.4 Å². The molecule has 4 aromatic rings. The van der Waals surface area contributed by atoms with E-state index < -0.39 is 33.2 Å². The molecule has 0 radical (unpaired) electrons. The molecule has 43 heavy (non-hydrogen) atoms. The zero-order valence-electron chi connectivity index (χ0n) is 21.3. The number of halogens is 4. The zero-order chi connectivity index (χ0) is 31.1. The summed E-state index contributed by atoms with van der Waals surface area (Å²) in [5.41, 5.74) is -0.373. The summed E-state index contributed by atoms with van der Waals surface area (Å²) in [7, 11) is 0. The Morgan fingerprint density at radius 2 is 0.930 bits per heavy atom. The van der Waals surface area contributed by atoms with E-state index in [9.17, 15) is 40.0 Å². The van der Waals surface area contributed by atoms with Crippen LogP contribution in [0.5, 0.6) is 11.5 Å². The van der Waals surface area contributed by atoms with E-state index in [0.29, 0.717) is 0 Å². The Bertz CT molecular complexity index is 1600. The minimum atomic E-state index is -0.696. The number of nitro benzene ring substituents is 2. The Kier molecular flexibility index (Phi) is 13.3. The van der Waals surface area contributed by atoms with Gasteiger partial charge in [0.1, 0.15) is 0 Å². The van der Waals surface area contributed by atoms with Gasteiger partial charge in [-0.2, -0.15) is 0 Å². The Morgan fingerprint density at radius 1 is 0.581 bits per heavy atom. The van der Waals surface area contributed by atoms with Gasteiger partial charge in [0, 0.05) is 45.4 Å². The molecule has 0 fully saturated rings. The summed E-state index contributed by atoms with van der Waals surface area (Å²) in [5, 5.41) is 49.7. The van der Waals surface area contributed by atoms with Gasteiger partial charge in [0.05, 0.1) is 31.3 Å². The number of carbonyl (C=O) groups is 2. The number of benzene rings is 4. The maximum atomic E-state index is 12.0. The fourth-order valence-electron chi connectivity index (χ4n) is 3.18. The maximum absolute atomic E-state index is 12.0. The van der Waals surface area contributed by atoms with E-state index in [4.69, 9.17) is 46.4 Å². The summed E-state index contributed by atoms with van der Waals surface area (Å²) in [5.74, 6) is -2.37. The zero-order valence-corrected chi connectivity index (χ0v) is 26.5. The Balaban J connectivity index is 0.000000293. The first-order valence-corrected chi connectivity index (χ1v) is 12.7. The molecule has 4 rings (SSSR count). The predicted molar refractivity (Wildman–Crippen MR) is 160 cm³/mol. The molecule has 2 amide bonds. The molecule has 0 saturated carbocycles. The molecule has 0 heterocycles. The first-order chi connectivity index (χ1) is 19.8. The number of nitrogens with zero attached hydrogens (tertiary/aromatic N) is 2. The number of nitrogens with one attached hydrogen (secondary N) is 2. The van der Waals surface area contributed by atoms with Crippen molar-refractivity contribution in [2.24, 2.45) is 0 Å². The molecule has 0 bridgehead atoms. The number of hydrogen-bond acceptors (Lipinski definition) is 8. The third-order valence-electron chi connectivity index (χ3n) is 5.20. The molecule has 0 aliphatic rings. The van der Waals surface area contributed by atoms with Crippen molar-refractivity contribution in [1.29, 1.82) is 0 Å². The van der Waals surface area contributed by atoms with Gasteiger partial charge in [0.2, 0.25) is 0 Å². The molecule has 0 spiro atoms. The molecular weight excluding hydrogens is 678 g/mol. The average molecular weight is 692 g/mol. The van der Waals surface area contributed by atoms with Gasteiger partial charge in [-0.15, -0.1) is 0 Å². The van der Waals surface area contributed by atoms with E-state index in [1.165, 1.54) is 60.7 Å². The Morgan fingerprint density at radius 3 is 1.23 bits per heavy atom. The molecule has 0 unspecified atom stereocenters. The first kappa shape index (κ1) is 35.8. The second kappa shape index (κ2) is 15.9. The molecule has 17 heteroatoms. The van der Waals surface area contributed by atoms with E-state index in [0.717, 1.165) is 12.1 Å². The molecule has 0 aliphatic carbocycles. The van der Waals surface area contributed by atoms with Crippen molar-refractivity contribution < 1.29 is 29.6 Å². The maximum Gasteiger partial charge on any atom is 2.00 e. The SMILES string of the molecule is O=C(Nc1ccc([N+](=O)[O-])cc1Cl)c1cc(Cl)ccc1[O-].O=C(Nc1ccc([N+](=O)[O-])cc1Cl)c1cc(Cl)ccc1[O-].[Ca+2]. The normalized spacial score (nSPS) is 9.95. The van der Waals surface area contributed by atoms with E-state index in [1.807, 2.05) is 0 Å². The van der Waals surface area contributed by atoms with Crippen LogP contribution >= 0.6 is 46.4 Å². The van der Waals surface area contributed by atoms with Crippen LogP contribution in [0.1, 0.15) is 20.7 Å². The van der Waals surface area contributed by atoms with Gasteiger partial charge in [0.25, 0.3) is 23.2 Å². The van der Waals surface area contributed by atoms with Crippen LogP contribution in [0.4, 0.5) is 22.7 Å². The Labute approximate surface area is 292 Å². The summed E-state index contributed by atoms with van der Waals surface area (Å²) in [6.07, 6.45) is 0. The van der Waals surface area contributed by atoms with Crippen LogP contribution in [0.25, 0.3) is 0 Å². The third kappa shape index (κ3) is 9.83. The molecule has 216 valence electrons. The number of carbonyl (C=O) groups excluding carboxylic acids is 2. The molecular formula is C26H14CaCl4N4O8. The first-order valence-electron chi connectivity index (χ1n) is 11.2. The second-order valence-corrected chi connectivity index (χ2v) is 9.72. The van der Waals surface area contributed by atoms with Crippen LogP contribution in [-0.2, 0) is 0 Å². The monoisotopic (exact) mass is 690 g/mol. The van der Waals surface area contributed by atoms with Crippen LogP contribution < -0.4 is 20.8 Å². The van der Waals surface area contributed by atoms with Crippen LogP contribution in [0.15, 0.2) is 72.8 Å². The number of anilines is 2. The molecule has 0 saturated heterocycles. The van der Waals surface area contributed by atoms with Crippen LogP contribution in [0, 0.1) is 20.2 Å². The van der Waals surface area contributed by atoms with Gasteiger partial charge >= 0.3 is 37.7 Å². The van der Waals surface area contributed by atoms with Gasteiger partial charge in [-0.1, -0.05) is 70.0 Å². The molecule has 4 aromatic carbocycles. The van der Waals surface area contributed by atoms with Crippen molar-refractivity contribution in [3.05, 3.63) is 124 Å². The van der Waals surface area contributed by atoms with Crippen molar-refractivity contribution in [3.8, 4) is 11.5 Å². The van der Waals surface area contributed by atoms with Crippen molar-refractivity contribution in [3.63, 3.8) is 0 Å². The van der Waals surface area contributed by atoms with E-state index in [1.54, 1.807) is 0 Å². The molecule has 0 atom stereocenters. The van der Waals surface area contributed by atoms with Gasteiger partial charge in [-0.3, -0.25) is 29.8 Å². The average Bonchev–Trinajstić information content (AvgIpc) is 2.93. The summed E-state index contributed by atoms with van der Waals surface area (Å²) >= 11 is 23.2. The summed E-state index contributed by atoms with van der Waals surface area (Å²) in [6, 6.07) is 14.7. The molecule has 12 nitrogen and oxygen atoms in total. The van der Waals surface area contributed by atoms with E-state index in [2.05, 4.69) is 10.6 Å². The Hall–Kier alpha value is -3.36. The number of nitro groups is 2. The van der Waals surface area contributed by atoms with Crippen LogP contribution in [0.2, 0.25) is 20.1 Å². The number of rotatable bonds is 6. The fourth-order valence-corrected chi connectivity index (χ4v) is 3.96. The van der Waals surface area contributed by atoms with Crippen molar-refractivity contribution >= 4 is 119 Å². The minimum absolute atomic E-state index is 0. The van der Waals surface area contributed by atoms with E-state index >= 15 is 0 Å². The second-order valence-electron chi connectivity index (χ2n) is 8.03. The number of amides is 2. The van der Waals surface area contributed by atoms with Gasteiger partial charge in [0.15, 0.2) is 0 Å². The fraction of sp³-hybridized carbons (Fsp3) is 0. The minimum Gasteiger partial charge on any atom is -0.872 e. The summed E-state index contributed by atoms with van der Waals surface area (Å²) < 4.78 is 0. The smallest absolute Gasteiger partial charge is 0.872 e. The summed E-state index contributed by atoms with van der Waals surface area (Å²) in [6.45, 7) is 0. The standard InChI is InChI=1S/2C13H8Cl2N2O4.Ca/c2*14-7-1-4-12(18)9(5-7)13(19)16-11-3-2-8(17(20)21)6-10(11)15;/h2*1-6,18H,(H,16,19);/q;;+2/p-2. The van der Waals surface area contributed by atoms with Gasteiger partial charge in [-0.25, -0.2) is 0 Å². The number of hydrogen-bond donors (Lipinski definition) is 2. The van der Waals surface area contributed by atoms with Crippen molar-refractivity contribution in [1.82, 2.24) is 0 Å². The van der Waals surface area contributed by atoms with Crippen LogP contribution in [0.3, 0.4) is 0 Å². The predicted octanol–water partition coefficient (Wildman–Crippen LogP) is 6.07. The topological polar surface area (TPSA) is 191 Å². The number of non-ortho nitro benzene ring substituents is 2. The largest absolute Gasteiger partial charge is 2.00 e. The molecule has 0 aliphatic heterocycles. The van der Waals surface area contributed by atoms with Crippen LogP contribution in [-0.4, -0.2) is 59.4 Å². The summed E-state index contributed by atoms with van der Waals surface area (Å²) in [4.78, 5) is 44.0. The van der Waals surface area contributed by atoms with Crippen molar-refractivity contribution in [2.75, 3.05) is 10.6 Å². The molecule has 0 aromatic heterocycles.